The summed E-state index contributed by atoms with van der Waals surface area (Å²) in [6, 6.07) is 12.3. The van der Waals surface area contributed by atoms with Crippen LogP contribution in [-0.4, -0.2) is 86.2 Å². The van der Waals surface area contributed by atoms with Gasteiger partial charge in [-0.1, -0.05) is 31.3 Å². The molecule has 206 valence electrons. The number of sulfonamides is 1. The summed E-state index contributed by atoms with van der Waals surface area (Å²) in [6.45, 7) is 11.5. The average Bonchev–Trinajstić information content (AvgIpc) is 3.34. The van der Waals surface area contributed by atoms with Gasteiger partial charge in [-0.25, -0.2) is 13.4 Å². The Morgan fingerprint density at radius 3 is 2.34 bits per heavy atom. The van der Waals surface area contributed by atoms with Gasteiger partial charge in [-0.05, 0) is 69.6 Å². The van der Waals surface area contributed by atoms with Crippen molar-refractivity contribution in [3.63, 3.8) is 0 Å². The molecule has 0 saturated carbocycles. The first kappa shape index (κ1) is 29.0. The normalized spacial score (nSPS) is 18.8. The van der Waals surface area contributed by atoms with Gasteiger partial charge in [-0.15, -0.1) is 11.8 Å². The monoisotopic (exact) mass is 576 g/mol. The van der Waals surface area contributed by atoms with Crippen LogP contribution in [-0.2, 0) is 14.8 Å². The van der Waals surface area contributed by atoms with E-state index in [1.165, 1.54) is 27.8 Å². The summed E-state index contributed by atoms with van der Waals surface area (Å²) in [7, 11) is -3.69. The molecule has 1 aromatic heterocycles. The Kier molecular flexibility index (Phi) is 9.49. The van der Waals surface area contributed by atoms with Crippen LogP contribution >= 0.6 is 23.1 Å². The SMILES string of the molecule is CCN(CC)CCN(C(=O)c1ccc(S(=O)(=O)N2CC(C)OC(C)C2)cc1)c1nc2c(SC)cccc2s1. The molecule has 0 spiro atoms. The van der Waals surface area contributed by atoms with Crippen molar-refractivity contribution in [2.75, 3.05) is 50.4 Å². The van der Waals surface area contributed by atoms with Crippen molar-refractivity contribution in [3.05, 3.63) is 48.0 Å². The minimum atomic E-state index is -3.69. The number of aromatic nitrogens is 1. The lowest BCUT2D eigenvalue weighted by Gasteiger charge is -2.34. The number of ether oxygens (including phenoxy) is 1. The highest BCUT2D eigenvalue weighted by Crippen LogP contribution is 2.34. The number of morpholine rings is 1. The summed E-state index contributed by atoms with van der Waals surface area (Å²) in [5.41, 5.74) is 1.33. The van der Waals surface area contributed by atoms with Gasteiger partial charge in [0, 0.05) is 36.6 Å². The molecule has 4 rings (SSSR count). The van der Waals surface area contributed by atoms with Gasteiger partial charge < -0.3 is 9.64 Å². The number of carbonyl (C=O) groups excluding carboxylic acids is 1. The van der Waals surface area contributed by atoms with Crippen LogP contribution in [0.5, 0.6) is 0 Å². The van der Waals surface area contributed by atoms with Gasteiger partial charge in [0.1, 0.15) is 0 Å². The zero-order valence-electron chi connectivity index (χ0n) is 22.6. The summed E-state index contributed by atoms with van der Waals surface area (Å²) in [4.78, 5) is 23.9. The summed E-state index contributed by atoms with van der Waals surface area (Å²) >= 11 is 3.13. The fraction of sp³-hybridized carbons (Fsp3) is 0.481. The van der Waals surface area contributed by atoms with Gasteiger partial charge in [0.05, 0.1) is 27.3 Å². The molecule has 1 saturated heterocycles. The van der Waals surface area contributed by atoms with Gasteiger partial charge >= 0.3 is 0 Å². The standard InChI is InChI=1S/C27H36N4O4S3/c1-6-29(7-2)15-16-31(27-28-25-23(36-5)9-8-10-24(25)37-27)26(32)21-11-13-22(14-12-21)38(33,34)30-17-19(3)35-20(4)18-30/h8-14,19-20H,6-7,15-18H2,1-5H3. The number of carbonyl (C=O) groups is 1. The van der Waals surface area contributed by atoms with Crippen LogP contribution in [0.1, 0.15) is 38.1 Å². The molecule has 1 aliphatic heterocycles. The van der Waals surface area contributed by atoms with E-state index >= 15 is 0 Å². The summed E-state index contributed by atoms with van der Waals surface area (Å²) in [5.74, 6) is -0.195. The number of thiazole rings is 1. The highest BCUT2D eigenvalue weighted by atomic mass is 32.2. The molecule has 2 atom stereocenters. The predicted octanol–water partition coefficient (Wildman–Crippen LogP) is 4.80. The highest BCUT2D eigenvalue weighted by Gasteiger charge is 2.32. The topological polar surface area (TPSA) is 83.1 Å². The van der Waals surface area contributed by atoms with Crippen LogP contribution in [0.4, 0.5) is 5.13 Å². The first-order valence-corrected chi connectivity index (χ1v) is 16.4. The number of anilines is 1. The van der Waals surface area contributed by atoms with E-state index in [1.54, 1.807) is 28.8 Å². The largest absolute Gasteiger partial charge is 0.373 e. The van der Waals surface area contributed by atoms with Gasteiger partial charge in [-0.2, -0.15) is 4.31 Å². The summed E-state index contributed by atoms with van der Waals surface area (Å²) < 4.78 is 34.7. The molecule has 2 aromatic carbocycles. The maximum Gasteiger partial charge on any atom is 0.260 e. The fourth-order valence-corrected chi connectivity index (χ4v) is 7.89. The van der Waals surface area contributed by atoms with Crippen molar-refractivity contribution in [1.82, 2.24) is 14.2 Å². The fourth-order valence-electron chi connectivity index (χ4n) is 4.66. The van der Waals surface area contributed by atoms with Gasteiger partial charge in [0.15, 0.2) is 5.13 Å². The molecule has 11 heteroatoms. The summed E-state index contributed by atoms with van der Waals surface area (Å²) in [5, 5.41) is 0.645. The third kappa shape index (κ3) is 6.24. The first-order valence-electron chi connectivity index (χ1n) is 12.9. The molecule has 38 heavy (non-hydrogen) atoms. The molecule has 0 radical (unpaired) electrons. The Bertz CT molecular complexity index is 1350. The number of thioether (sulfide) groups is 1. The third-order valence-electron chi connectivity index (χ3n) is 6.73. The van der Waals surface area contributed by atoms with E-state index in [0.29, 0.717) is 36.9 Å². The summed E-state index contributed by atoms with van der Waals surface area (Å²) in [6.07, 6.45) is 1.67. The van der Waals surface area contributed by atoms with Crippen LogP contribution in [0.15, 0.2) is 52.3 Å². The molecule has 0 aliphatic carbocycles. The zero-order valence-corrected chi connectivity index (χ0v) is 25.0. The Labute approximate surface area is 234 Å². The van der Waals surface area contributed by atoms with E-state index in [9.17, 15) is 13.2 Å². The van der Waals surface area contributed by atoms with E-state index in [4.69, 9.17) is 9.72 Å². The molecule has 2 unspecified atom stereocenters. The lowest BCUT2D eigenvalue weighted by molar-refractivity contribution is -0.0440. The number of hydrogen-bond acceptors (Lipinski definition) is 8. The number of likely N-dealkylation sites (N-methyl/N-ethyl adjacent to an activating group) is 1. The second-order valence-electron chi connectivity index (χ2n) is 9.39. The molecule has 2 heterocycles. The minimum Gasteiger partial charge on any atom is -0.373 e. The van der Waals surface area contributed by atoms with Crippen LogP contribution < -0.4 is 4.90 Å². The van der Waals surface area contributed by atoms with Crippen molar-refractivity contribution in [3.8, 4) is 0 Å². The maximum atomic E-state index is 13.8. The maximum absolute atomic E-state index is 13.8. The van der Waals surface area contributed by atoms with Crippen LogP contribution in [0.3, 0.4) is 0 Å². The number of benzene rings is 2. The Hall–Kier alpha value is -2.02. The van der Waals surface area contributed by atoms with Gasteiger partial charge in [-0.3, -0.25) is 9.69 Å². The van der Waals surface area contributed by atoms with Gasteiger partial charge in [0.25, 0.3) is 5.91 Å². The quantitative estimate of drug-likeness (QED) is 0.321. The molecular weight excluding hydrogens is 541 g/mol. The number of amides is 1. The lowest BCUT2D eigenvalue weighted by atomic mass is 10.2. The lowest BCUT2D eigenvalue weighted by Crippen LogP contribution is -2.48. The number of para-hydroxylation sites is 1. The van der Waals surface area contributed by atoms with Crippen LogP contribution in [0, 0.1) is 0 Å². The molecule has 8 nitrogen and oxygen atoms in total. The number of hydrogen-bond donors (Lipinski definition) is 0. The first-order chi connectivity index (χ1) is 18.2. The Morgan fingerprint density at radius 2 is 1.74 bits per heavy atom. The molecule has 1 fully saturated rings. The van der Waals surface area contributed by atoms with Crippen LogP contribution in [0.2, 0.25) is 0 Å². The predicted molar refractivity (Wildman–Crippen MR) is 156 cm³/mol. The van der Waals surface area contributed by atoms with Gasteiger partial charge in [0.2, 0.25) is 10.0 Å². The van der Waals surface area contributed by atoms with Crippen molar-refractivity contribution in [2.45, 2.75) is 49.7 Å². The van der Waals surface area contributed by atoms with E-state index < -0.39 is 10.0 Å². The second kappa shape index (κ2) is 12.4. The Balaban J connectivity index is 1.63. The molecule has 0 N–H and O–H groups in total. The molecule has 3 aromatic rings. The van der Waals surface area contributed by atoms with E-state index in [1.807, 2.05) is 38.3 Å². The zero-order chi connectivity index (χ0) is 27.4. The Morgan fingerprint density at radius 1 is 1.08 bits per heavy atom. The van der Waals surface area contributed by atoms with Crippen LogP contribution in [0.25, 0.3) is 10.2 Å². The van der Waals surface area contributed by atoms with E-state index in [0.717, 1.165) is 28.2 Å². The van der Waals surface area contributed by atoms with Crippen molar-refractivity contribution in [2.24, 2.45) is 0 Å². The molecule has 1 amide bonds. The van der Waals surface area contributed by atoms with E-state index in [2.05, 4.69) is 18.7 Å². The molecular formula is C27H36N4O4S3. The second-order valence-corrected chi connectivity index (χ2v) is 13.2. The number of rotatable bonds is 10. The van der Waals surface area contributed by atoms with E-state index in [-0.39, 0.29) is 23.0 Å². The average molecular weight is 577 g/mol. The molecule has 0 bridgehead atoms. The smallest absolute Gasteiger partial charge is 0.260 e. The number of fused-ring (bicyclic) bond motifs is 1. The minimum absolute atomic E-state index is 0.172. The van der Waals surface area contributed by atoms with Crippen molar-refractivity contribution < 1.29 is 17.9 Å². The van der Waals surface area contributed by atoms with Crippen molar-refractivity contribution >= 4 is 54.4 Å². The highest BCUT2D eigenvalue weighted by molar-refractivity contribution is 7.98. The molecule has 1 aliphatic rings. The third-order valence-corrected chi connectivity index (χ3v) is 10.4. The number of nitrogens with zero attached hydrogens (tertiary/aromatic N) is 4. The van der Waals surface area contributed by atoms with Crippen molar-refractivity contribution in [1.29, 1.82) is 0 Å².